The second-order valence-corrected chi connectivity index (χ2v) is 4.58. The van der Waals surface area contributed by atoms with Gasteiger partial charge in [-0.15, -0.1) is 0 Å². The van der Waals surface area contributed by atoms with Crippen LogP contribution < -0.4 is 5.73 Å². The standard InChI is InChI=1S/C16H18FN/c1-3-12-5-8-13(9-6-12)16(18)14-7-4-11(2)15(17)10-14/h4-10,16H,3,18H2,1-2H3. The molecular formula is C16H18FN. The van der Waals surface area contributed by atoms with Gasteiger partial charge in [0.05, 0.1) is 6.04 Å². The molecule has 0 heterocycles. The lowest BCUT2D eigenvalue weighted by Gasteiger charge is -2.13. The quantitative estimate of drug-likeness (QED) is 0.873. The van der Waals surface area contributed by atoms with E-state index in [2.05, 4.69) is 19.1 Å². The minimum Gasteiger partial charge on any atom is -0.320 e. The first-order valence-electron chi connectivity index (χ1n) is 6.22. The van der Waals surface area contributed by atoms with Gasteiger partial charge in [0, 0.05) is 0 Å². The summed E-state index contributed by atoms with van der Waals surface area (Å²) >= 11 is 0. The summed E-state index contributed by atoms with van der Waals surface area (Å²) < 4.78 is 13.5. The summed E-state index contributed by atoms with van der Waals surface area (Å²) in [6, 6.07) is 13.1. The molecule has 94 valence electrons. The smallest absolute Gasteiger partial charge is 0.126 e. The molecule has 0 spiro atoms. The normalized spacial score (nSPS) is 12.4. The van der Waals surface area contributed by atoms with Gasteiger partial charge in [0.1, 0.15) is 5.82 Å². The van der Waals surface area contributed by atoms with Gasteiger partial charge in [-0.1, -0.05) is 43.3 Å². The van der Waals surface area contributed by atoms with Gasteiger partial charge in [0.25, 0.3) is 0 Å². The van der Waals surface area contributed by atoms with Crippen LogP contribution >= 0.6 is 0 Å². The van der Waals surface area contributed by atoms with Crippen molar-refractivity contribution in [3.05, 3.63) is 70.5 Å². The van der Waals surface area contributed by atoms with Crippen LogP contribution in [-0.2, 0) is 6.42 Å². The maximum absolute atomic E-state index is 13.5. The molecule has 2 N–H and O–H groups in total. The van der Waals surface area contributed by atoms with Crippen LogP contribution in [0.5, 0.6) is 0 Å². The number of hydrogen-bond donors (Lipinski definition) is 1. The van der Waals surface area contributed by atoms with Crippen LogP contribution in [-0.4, -0.2) is 0 Å². The molecular weight excluding hydrogens is 225 g/mol. The van der Waals surface area contributed by atoms with E-state index in [1.807, 2.05) is 18.2 Å². The Morgan fingerprint density at radius 1 is 1.06 bits per heavy atom. The van der Waals surface area contributed by atoms with E-state index < -0.39 is 0 Å². The van der Waals surface area contributed by atoms with Crippen molar-refractivity contribution in [1.29, 1.82) is 0 Å². The van der Waals surface area contributed by atoms with Crippen LogP contribution in [0.4, 0.5) is 4.39 Å². The van der Waals surface area contributed by atoms with E-state index in [0.717, 1.165) is 17.5 Å². The lowest BCUT2D eigenvalue weighted by atomic mass is 9.97. The van der Waals surface area contributed by atoms with Crippen LogP contribution in [0.3, 0.4) is 0 Å². The molecule has 0 bridgehead atoms. The molecule has 2 aromatic carbocycles. The molecule has 0 aromatic heterocycles. The Hall–Kier alpha value is -1.67. The Morgan fingerprint density at radius 3 is 2.22 bits per heavy atom. The third-order valence-corrected chi connectivity index (χ3v) is 3.30. The number of rotatable bonds is 3. The molecule has 0 aliphatic heterocycles. The number of aryl methyl sites for hydroxylation is 2. The fourth-order valence-corrected chi connectivity index (χ4v) is 1.96. The van der Waals surface area contributed by atoms with Crippen molar-refractivity contribution in [3.8, 4) is 0 Å². The summed E-state index contributed by atoms with van der Waals surface area (Å²) in [6.07, 6.45) is 1.01. The molecule has 18 heavy (non-hydrogen) atoms. The molecule has 0 aliphatic rings. The van der Waals surface area contributed by atoms with E-state index in [1.54, 1.807) is 13.0 Å². The minimum atomic E-state index is -0.272. The Balaban J connectivity index is 2.28. The number of hydrogen-bond acceptors (Lipinski definition) is 1. The van der Waals surface area contributed by atoms with Gasteiger partial charge in [0.2, 0.25) is 0 Å². The second kappa shape index (κ2) is 5.32. The summed E-state index contributed by atoms with van der Waals surface area (Å²) in [5.41, 5.74) is 9.90. The minimum absolute atomic E-state index is 0.201. The first kappa shape index (κ1) is 12.8. The van der Waals surface area contributed by atoms with Crippen molar-refractivity contribution < 1.29 is 4.39 Å². The average Bonchev–Trinajstić information content (AvgIpc) is 2.41. The summed E-state index contributed by atoms with van der Waals surface area (Å²) in [5, 5.41) is 0. The molecule has 0 aliphatic carbocycles. The predicted octanol–water partition coefficient (Wildman–Crippen LogP) is 3.74. The largest absolute Gasteiger partial charge is 0.320 e. The van der Waals surface area contributed by atoms with Gasteiger partial charge in [-0.3, -0.25) is 0 Å². The molecule has 0 amide bonds. The van der Waals surface area contributed by atoms with E-state index >= 15 is 0 Å². The number of nitrogens with two attached hydrogens (primary N) is 1. The topological polar surface area (TPSA) is 26.0 Å². The molecule has 1 unspecified atom stereocenters. The van der Waals surface area contributed by atoms with E-state index in [4.69, 9.17) is 5.73 Å². The van der Waals surface area contributed by atoms with Gasteiger partial charge in [0.15, 0.2) is 0 Å². The SMILES string of the molecule is CCc1ccc(C(N)c2ccc(C)c(F)c2)cc1. The lowest BCUT2D eigenvalue weighted by molar-refractivity contribution is 0.614. The Bertz CT molecular complexity index is 531. The molecule has 0 saturated heterocycles. The lowest BCUT2D eigenvalue weighted by Crippen LogP contribution is -2.12. The summed E-state index contributed by atoms with van der Waals surface area (Å²) in [5.74, 6) is -0.201. The molecule has 1 nitrogen and oxygen atoms in total. The molecule has 0 saturated carbocycles. The molecule has 2 aromatic rings. The van der Waals surface area contributed by atoms with Gasteiger partial charge in [-0.25, -0.2) is 4.39 Å². The summed E-state index contributed by atoms with van der Waals surface area (Å²) in [7, 11) is 0. The van der Waals surface area contributed by atoms with E-state index in [9.17, 15) is 4.39 Å². The predicted molar refractivity (Wildman–Crippen MR) is 73.0 cm³/mol. The highest BCUT2D eigenvalue weighted by molar-refractivity contribution is 5.34. The zero-order valence-electron chi connectivity index (χ0n) is 10.8. The summed E-state index contributed by atoms with van der Waals surface area (Å²) in [6.45, 7) is 3.87. The highest BCUT2D eigenvalue weighted by atomic mass is 19.1. The van der Waals surface area contributed by atoms with Crippen molar-refractivity contribution in [2.75, 3.05) is 0 Å². The van der Waals surface area contributed by atoms with Crippen LogP contribution in [0.15, 0.2) is 42.5 Å². The highest BCUT2D eigenvalue weighted by Crippen LogP contribution is 2.22. The fraction of sp³-hybridized carbons (Fsp3) is 0.250. The van der Waals surface area contributed by atoms with Gasteiger partial charge in [-0.2, -0.15) is 0 Å². The molecule has 2 rings (SSSR count). The third-order valence-electron chi connectivity index (χ3n) is 3.30. The maximum Gasteiger partial charge on any atom is 0.126 e. The van der Waals surface area contributed by atoms with Crippen molar-refractivity contribution >= 4 is 0 Å². The van der Waals surface area contributed by atoms with Crippen molar-refractivity contribution in [1.82, 2.24) is 0 Å². The Kier molecular flexibility index (Phi) is 3.78. The number of halogens is 1. The van der Waals surface area contributed by atoms with E-state index in [-0.39, 0.29) is 11.9 Å². The molecule has 0 radical (unpaired) electrons. The van der Waals surface area contributed by atoms with Crippen LogP contribution in [0.2, 0.25) is 0 Å². The summed E-state index contributed by atoms with van der Waals surface area (Å²) in [4.78, 5) is 0. The van der Waals surface area contributed by atoms with Crippen molar-refractivity contribution in [3.63, 3.8) is 0 Å². The molecule has 2 heteroatoms. The van der Waals surface area contributed by atoms with Crippen LogP contribution in [0, 0.1) is 12.7 Å². The highest BCUT2D eigenvalue weighted by Gasteiger charge is 2.10. The maximum atomic E-state index is 13.5. The zero-order chi connectivity index (χ0) is 13.1. The molecule has 0 fully saturated rings. The Morgan fingerprint density at radius 2 is 1.67 bits per heavy atom. The Labute approximate surface area is 107 Å². The van der Waals surface area contributed by atoms with Crippen LogP contribution in [0.25, 0.3) is 0 Å². The van der Waals surface area contributed by atoms with Gasteiger partial charge >= 0.3 is 0 Å². The fourth-order valence-electron chi connectivity index (χ4n) is 1.96. The second-order valence-electron chi connectivity index (χ2n) is 4.58. The number of benzene rings is 2. The first-order chi connectivity index (χ1) is 8.61. The van der Waals surface area contributed by atoms with Crippen molar-refractivity contribution in [2.24, 2.45) is 5.73 Å². The van der Waals surface area contributed by atoms with E-state index in [0.29, 0.717) is 5.56 Å². The molecule has 1 atom stereocenters. The van der Waals surface area contributed by atoms with E-state index in [1.165, 1.54) is 11.6 Å². The van der Waals surface area contributed by atoms with Crippen LogP contribution in [0.1, 0.15) is 35.2 Å². The van der Waals surface area contributed by atoms with Crippen molar-refractivity contribution in [2.45, 2.75) is 26.3 Å². The van der Waals surface area contributed by atoms with Gasteiger partial charge in [-0.05, 0) is 41.7 Å². The average molecular weight is 243 g/mol. The monoisotopic (exact) mass is 243 g/mol. The first-order valence-corrected chi connectivity index (χ1v) is 6.22. The zero-order valence-corrected chi connectivity index (χ0v) is 10.8. The van der Waals surface area contributed by atoms with Gasteiger partial charge < -0.3 is 5.73 Å². The third kappa shape index (κ3) is 2.59.